The Morgan fingerprint density at radius 3 is 1.77 bits per heavy atom. The molecule has 0 aliphatic heterocycles. The van der Waals surface area contributed by atoms with Crippen LogP contribution in [-0.4, -0.2) is 21.0 Å². The Balaban J connectivity index is 0.000000252. The Bertz CT molecular complexity index is 86.1. The smallest absolute Gasteiger partial charge is 0.145 e. The van der Waals surface area contributed by atoms with Crippen LogP contribution in [0.5, 0.6) is 0 Å². The molecule has 2 heteroatoms. The van der Waals surface area contributed by atoms with Crippen LogP contribution < -0.4 is 0 Å². The maximum atomic E-state index is 4.47. The lowest BCUT2D eigenvalue weighted by Crippen LogP contribution is -2.03. The predicted octanol–water partition coefficient (Wildman–Crippen LogP) is 3.21. The zero-order valence-corrected chi connectivity index (χ0v) is 9.34. The molecule has 0 spiro atoms. The van der Waals surface area contributed by atoms with Gasteiger partial charge in [0.25, 0.3) is 0 Å². The predicted molar refractivity (Wildman–Crippen MR) is 55.8 cm³/mol. The van der Waals surface area contributed by atoms with Crippen LogP contribution in [0, 0.1) is 5.92 Å². The topological polar surface area (TPSA) is 18.5 Å². The molecule has 0 heterocycles. The van der Waals surface area contributed by atoms with Crippen LogP contribution in [0.1, 0.15) is 45.4 Å². The Morgan fingerprint density at radius 2 is 1.54 bits per heavy atom. The lowest BCUT2D eigenvalue weighted by molar-refractivity contribution is -0.00271. The summed E-state index contributed by atoms with van der Waals surface area (Å²) in [6.07, 6.45) is 8.93. The van der Waals surface area contributed by atoms with Crippen molar-refractivity contribution in [2.24, 2.45) is 5.92 Å². The first-order valence-corrected chi connectivity index (χ1v) is 5.33. The molecule has 1 rings (SSSR count). The Morgan fingerprint density at radius 1 is 1.00 bits per heavy atom. The van der Waals surface area contributed by atoms with Crippen molar-refractivity contribution in [3.8, 4) is 0 Å². The Kier molecular flexibility index (Phi) is 9.94. The highest BCUT2D eigenvalue weighted by Crippen LogP contribution is 2.25. The molecule has 0 amide bonds. The van der Waals surface area contributed by atoms with Gasteiger partial charge in [0.05, 0.1) is 0 Å². The van der Waals surface area contributed by atoms with E-state index in [1.54, 1.807) is 14.2 Å². The molecule has 80 valence electrons. The minimum atomic E-state index is 0.389. The fourth-order valence-corrected chi connectivity index (χ4v) is 1.71. The molecule has 1 saturated carbocycles. The van der Waals surface area contributed by atoms with E-state index in [2.05, 4.69) is 16.4 Å². The average Bonchev–Trinajstić information content (AvgIpc) is 2.21. The third-order valence-electron chi connectivity index (χ3n) is 2.54. The van der Waals surface area contributed by atoms with E-state index in [-0.39, 0.29) is 0 Å². The van der Waals surface area contributed by atoms with Crippen molar-refractivity contribution < 1.29 is 9.47 Å². The van der Waals surface area contributed by atoms with E-state index in [0.29, 0.717) is 6.79 Å². The molecular formula is C11H24O2. The van der Waals surface area contributed by atoms with Gasteiger partial charge >= 0.3 is 0 Å². The van der Waals surface area contributed by atoms with E-state index in [4.69, 9.17) is 0 Å². The summed E-state index contributed by atoms with van der Waals surface area (Å²) in [5, 5.41) is 0. The van der Waals surface area contributed by atoms with Gasteiger partial charge in [-0.2, -0.15) is 0 Å². The first-order chi connectivity index (χ1) is 6.35. The molecule has 1 fully saturated rings. The molecule has 0 aromatic heterocycles. The first kappa shape index (κ1) is 12.9. The molecule has 0 N–H and O–H groups in total. The molecule has 1 aliphatic carbocycles. The number of rotatable bonds is 3. The van der Waals surface area contributed by atoms with E-state index in [9.17, 15) is 0 Å². The fourth-order valence-electron chi connectivity index (χ4n) is 1.71. The highest BCUT2D eigenvalue weighted by atomic mass is 16.6. The monoisotopic (exact) mass is 188 g/mol. The van der Waals surface area contributed by atoms with Crippen LogP contribution in [0.2, 0.25) is 0 Å². The average molecular weight is 188 g/mol. The standard InChI is InChI=1S/C8H16.C3H8O2/c1-2-8-6-4-3-5-7-8;1-4-3-5-2/h8H,2-7H2,1H3;3H2,1-2H3. The second kappa shape index (κ2) is 10.0. The summed E-state index contributed by atoms with van der Waals surface area (Å²) >= 11 is 0. The normalized spacial score (nSPS) is 17.8. The summed E-state index contributed by atoms with van der Waals surface area (Å²) in [5.41, 5.74) is 0. The van der Waals surface area contributed by atoms with Crippen molar-refractivity contribution >= 4 is 0 Å². The van der Waals surface area contributed by atoms with Crippen LogP contribution in [0.25, 0.3) is 0 Å². The summed E-state index contributed by atoms with van der Waals surface area (Å²) < 4.78 is 8.94. The fraction of sp³-hybridized carbons (Fsp3) is 1.00. The summed E-state index contributed by atoms with van der Waals surface area (Å²) in [5.74, 6) is 1.09. The molecule has 0 saturated heterocycles. The van der Waals surface area contributed by atoms with Crippen LogP contribution in [0.15, 0.2) is 0 Å². The number of hydrogen-bond acceptors (Lipinski definition) is 2. The zero-order chi connectivity index (χ0) is 9.94. The van der Waals surface area contributed by atoms with Crippen molar-refractivity contribution in [3.63, 3.8) is 0 Å². The third-order valence-corrected chi connectivity index (χ3v) is 2.54. The number of methoxy groups -OCH3 is 2. The summed E-state index contributed by atoms with van der Waals surface area (Å²) in [6, 6.07) is 0. The minimum absolute atomic E-state index is 0.389. The summed E-state index contributed by atoms with van der Waals surface area (Å²) in [4.78, 5) is 0. The van der Waals surface area contributed by atoms with E-state index in [1.165, 1.54) is 38.5 Å². The molecule has 1 aliphatic rings. The van der Waals surface area contributed by atoms with Gasteiger partial charge in [0, 0.05) is 14.2 Å². The van der Waals surface area contributed by atoms with Crippen LogP contribution in [-0.2, 0) is 9.47 Å². The van der Waals surface area contributed by atoms with Crippen LogP contribution in [0.3, 0.4) is 0 Å². The van der Waals surface area contributed by atoms with E-state index < -0.39 is 0 Å². The van der Waals surface area contributed by atoms with Crippen LogP contribution >= 0.6 is 0 Å². The van der Waals surface area contributed by atoms with Crippen molar-refractivity contribution in [2.75, 3.05) is 21.0 Å². The van der Waals surface area contributed by atoms with Gasteiger partial charge in [-0.15, -0.1) is 0 Å². The highest BCUT2D eigenvalue weighted by molar-refractivity contribution is 4.63. The van der Waals surface area contributed by atoms with Crippen molar-refractivity contribution in [3.05, 3.63) is 0 Å². The molecule has 0 radical (unpaired) electrons. The van der Waals surface area contributed by atoms with Gasteiger partial charge in [-0.25, -0.2) is 0 Å². The van der Waals surface area contributed by atoms with Gasteiger partial charge in [0.2, 0.25) is 0 Å². The third kappa shape index (κ3) is 8.26. The van der Waals surface area contributed by atoms with Gasteiger partial charge in [0.1, 0.15) is 6.79 Å². The SMILES string of the molecule is CCC1CCCCC1.COCOC. The summed E-state index contributed by atoms with van der Waals surface area (Å²) in [6.45, 7) is 2.70. The van der Waals surface area contributed by atoms with E-state index in [0.717, 1.165) is 5.92 Å². The Labute approximate surface area is 82.6 Å². The zero-order valence-electron chi connectivity index (χ0n) is 9.34. The summed E-state index contributed by atoms with van der Waals surface area (Å²) in [7, 11) is 3.17. The number of hydrogen-bond donors (Lipinski definition) is 0. The lowest BCUT2D eigenvalue weighted by atomic mass is 9.88. The molecule has 0 atom stereocenters. The van der Waals surface area contributed by atoms with Crippen LogP contribution in [0.4, 0.5) is 0 Å². The highest BCUT2D eigenvalue weighted by Gasteiger charge is 2.09. The van der Waals surface area contributed by atoms with Crippen molar-refractivity contribution in [2.45, 2.75) is 45.4 Å². The molecule has 2 nitrogen and oxygen atoms in total. The van der Waals surface area contributed by atoms with Gasteiger partial charge < -0.3 is 9.47 Å². The molecule has 0 aromatic carbocycles. The molecule has 0 bridgehead atoms. The minimum Gasteiger partial charge on any atom is -0.359 e. The van der Waals surface area contributed by atoms with Gasteiger partial charge in [0.15, 0.2) is 0 Å². The first-order valence-electron chi connectivity index (χ1n) is 5.33. The lowest BCUT2D eigenvalue weighted by Gasteiger charge is -2.18. The van der Waals surface area contributed by atoms with E-state index >= 15 is 0 Å². The largest absolute Gasteiger partial charge is 0.359 e. The maximum Gasteiger partial charge on any atom is 0.145 e. The molecular weight excluding hydrogens is 164 g/mol. The number of ether oxygens (including phenoxy) is 2. The van der Waals surface area contributed by atoms with E-state index in [1.807, 2.05) is 0 Å². The Hall–Kier alpha value is -0.0800. The quantitative estimate of drug-likeness (QED) is 0.633. The van der Waals surface area contributed by atoms with Crippen molar-refractivity contribution in [1.82, 2.24) is 0 Å². The molecule has 13 heavy (non-hydrogen) atoms. The second-order valence-corrected chi connectivity index (χ2v) is 3.61. The van der Waals surface area contributed by atoms with Gasteiger partial charge in [-0.3, -0.25) is 0 Å². The second-order valence-electron chi connectivity index (χ2n) is 3.61. The molecule has 0 aromatic rings. The molecule has 0 unspecified atom stereocenters. The maximum absolute atomic E-state index is 4.47. The van der Waals surface area contributed by atoms with Crippen molar-refractivity contribution in [1.29, 1.82) is 0 Å². The van der Waals surface area contributed by atoms with Gasteiger partial charge in [-0.1, -0.05) is 45.4 Å². The van der Waals surface area contributed by atoms with Gasteiger partial charge in [-0.05, 0) is 5.92 Å².